The number of hydrogen-bond donors (Lipinski definition) is 1. The lowest BCUT2D eigenvalue weighted by molar-refractivity contribution is -0.124. The zero-order chi connectivity index (χ0) is 14.3. The molecule has 1 saturated heterocycles. The Morgan fingerprint density at radius 3 is 2.15 bits per heavy atom. The van der Waals surface area contributed by atoms with Crippen LogP contribution < -0.4 is 5.32 Å². The Balaban J connectivity index is 1.82. The minimum absolute atomic E-state index is 0.0361. The molecule has 1 heterocycles. The van der Waals surface area contributed by atoms with Crippen LogP contribution in [-0.4, -0.2) is 36.0 Å². The second-order valence-electron chi connectivity index (χ2n) is 6.35. The van der Waals surface area contributed by atoms with Gasteiger partial charge in [0.1, 0.15) is 5.54 Å². The molecule has 0 spiro atoms. The van der Waals surface area contributed by atoms with E-state index in [1.54, 1.807) is 0 Å². The van der Waals surface area contributed by atoms with Crippen LogP contribution in [0.5, 0.6) is 0 Å². The highest BCUT2D eigenvalue weighted by Crippen LogP contribution is 2.27. The maximum atomic E-state index is 12.2. The molecule has 1 aliphatic heterocycles. The molecule has 0 atom stereocenters. The van der Waals surface area contributed by atoms with Crippen molar-refractivity contribution in [1.82, 2.24) is 10.2 Å². The van der Waals surface area contributed by atoms with Gasteiger partial charge in [-0.1, -0.05) is 38.5 Å². The lowest BCUT2D eigenvalue weighted by Crippen LogP contribution is -2.51. The Morgan fingerprint density at radius 1 is 1.00 bits per heavy atom. The number of nitrogens with one attached hydrogen (secondary N) is 1. The predicted molar refractivity (Wildman–Crippen MR) is 79.1 cm³/mol. The molecule has 0 aromatic rings. The van der Waals surface area contributed by atoms with Crippen molar-refractivity contribution < 1.29 is 4.79 Å². The lowest BCUT2D eigenvalue weighted by Gasteiger charge is -2.32. The maximum absolute atomic E-state index is 12.2. The van der Waals surface area contributed by atoms with Gasteiger partial charge >= 0.3 is 0 Å². The average molecular weight is 277 g/mol. The summed E-state index contributed by atoms with van der Waals surface area (Å²) < 4.78 is 0. The van der Waals surface area contributed by atoms with Gasteiger partial charge in [0, 0.05) is 0 Å². The van der Waals surface area contributed by atoms with Gasteiger partial charge in [-0.25, -0.2) is 0 Å². The summed E-state index contributed by atoms with van der Waals surface area (Å²) in [5.41, 5.74) is -0.585. The second kappa shape index (κ2) is 7.64. The summed E-state index contributed by atoms with van der Waals surface area (Å²) >= 11 is 0. The van der Waals surface area contributed by atoms with Gasteiger partial charge in [-0.15, -0.1) is 0 Å². The van der Waals surface area contributed by atoms with Gasteiger partial charge in [-0.2, -0.15) is 5.26 Å². The van der Waals surface area contributed by atoms with E-state index < -0.39 is 5.54 Å². The first kappa shape index (κ1) is 15.3. The molecule has 0 unspecified atom stereocenters. The van der Waals surface area contributed by atoms with Crippen molar-refractivity contribution >= 4 is 5.91 Å². The van der Waals surface area contributed by atoms with Gasteiger partial charge in [0.25, 0.3) is 0 Å². The fourth-order valence-electron chi connectivity index (χ4n) is 3.40. The molecule has 1 saturated carbocycles. The summed E-state index contributed by atoms with van der Waals surface area (Å²) in [7, 11) is 0. The highest BCUT2D eigenvalue weighted by Gasteiger charge is 2.33. The molecule has 0 bridgehead atoms. The van der Waals surface area contributed by atoms with E-state index in [1.165, 1.54) is 38.5 Å². The van der Waals surface area contributed by atoms with Crippen molar-refractivity contribution in [2.45, 2.75) is 69.7 Å². The van der Waals surface area contributed by atoms with E-state index in [2.05, 4.69) is 16.3 Å². The van der Waals surface area contributed by atoms with E-state index in [0.717, 1.165) is 38.8 Å². The van der Waals surface area contributed by atoms with Crippen LogP contribution >= 0.6 is 0 Å². The van der Waals surface area contributed by atoms with Gasteiger partial charge in [-0.05, 0) is 38.8 Å². The molecule has 112 valence electrons. The molecule has 2 fully saturated rings. The Labute approximate surface area is 122 Å². The van der Waals surface area contributed by atoms with Gasteiger partial charge in [0.15, 0.2) is 0 Å². The molecule has 1 amide bonds. The first-order valence-corrected chi connectivity index (χ1v) is 8.19. The molecule has 2 aliphatic rings. The van der Waals surface area contributed by atoms with Crippen molar-refractivity contribution in [1.29, 1.82) is 5.26 Å². The number of amides is 1. The molecular formula is C16H27N3O. The smallest absolute Gasteiger partial charge is 0.235 e. The average Bonchev–Trinajstić information content (AvgIpc) is 2.42. The molecule has 0 aromatic heterocycles. The van der Waals surface area contributed by atoms with E-state index in [-0.39, 0.29) is 5.91 Å². The van der Waals surface area contributed by atoms with Gasteiger partial charge in [0.2, 0.25) is 5.91 Å². The summed E-state index contributed by atoms with van der Waals surface area (Å²) in [6, 6.07) is 2.36. The minimum atomic E-state index is -0.585. The van der Waals surface area contributed by atoms with E-state index in [0.29, 0.717) is 6.54 Å². The van der Waals surface area contributed by atoms with Crippen molar-refractivity contribution in [3.8, 4) is 6.07 Å². The Hall–Kier alpha value is -1.08. The third-order valence-corrected chi connectivity index (χ3v) is 4.62. The number of nitriles is 1. The SMILES string of the molecule is N#CC1(NC(=O)CN2CCCCCCC2)CCCCC1. The van der Waals surface area contributed by atoms with Crippen LogP contribution in [0.3, 0.4) is 0 Å². The van der Waals surface area contributed by atoms with E-state index in [1.807, 2.05) is 0 Å². The van der Waals surface area contributed by atoms with Crippen LogP contribution in [0.2, 0.25) is 0 Å². The topological polar surface area (TPSA) is 56.1 Å². The van der Waals surface area contributed by atoms with E-state index in [4.69, 9.17) is 0 Å². The van der Waals surface area contributed by atoms with Crippen molar-refractivity contribution in [2.24, 2.45) is 0 Å². The van der Waals surface area contributed by atoms with Crippen molar-refractivity contribution in [3.63, 3.8) is 0 Å². The lowest BCUT2D eigenvalue weighted by atomic mass is 9.83. The van der Waals surface area contributed by atoms with Crippen LogP contribution in [0.4, 0.5) is 0 Å². The number of carbonyl (C=O) groups is 1. The predicted octanol–water partition coefficient (Wildman–Crippen LogP) is 2.60. The van der Waals surface area contributed by atoms with Gasteiger partial charge in [-0.3, -0.25) is 9.69 Å². The highest BCUT2D eigenvalue weighted by atomic mass is 16.2. The monoisotopic (exact) mass is 277 g/mol. The van der Waals surface area contributed by atoms with Crippen LogP contribution in [-0.2, 0) is 4.79 Å². The van der Waals surface area contributed by atoms with Crippen molar-refractivity contribution in [3.05, 3.63) is 0 Å². The number of hydrogen-bond acceptors (Lipinski definition) is 3. The fraction of sp³-hybridized carbons (Fsp3) is 0.875. The first-order chi connectivity index (χ1) is 9.74. The normalized spacial score (nSPS) is 24.1. The molecule has 0 radical (unpaired) electrons. The van der Waals surface area contributed by atoms with Crippen LogP contribution in [0.1, 0.15) is 64.2 Å². The molecular weight excluding hydrogens is 250 g/mol. The van der Waals surface area contributed by atoms with Gasteiger partial charge in [0.05, 0.1) is 12.6 Å². The van der Waals surface area contributed by atoms with Crippen LogP contribution in [0.15, 0.2) is 0 Å². The number of carbonyl (C=O) groups excluding carboxylic acids is 1. The molecule has 2 rings (SSSR count). The number of rotatable bonds is 3. The zero-order valence-corrected chi connectivity index (χ0v) is 12.5. The molecule has 4 nitrogen and oxygen atoms in total. The maximum Gasteiger partial charge on any atom is 0.235 e. The van der Waals surface area contributed by atoms with Crippen LogP contribution in [0.25, 0.3) is 0 Å². The second-order valence-corrected chi connectivity index (χ2v) is 6.35. The summed E-state index contributed by atoms with van der Waals surface area (Å²) in [4.78, 5) is 14.5. The molecule has 0 aromatic carbocycles. The van der Waals surface area contributed by atoms with E-state index >= 15 is 0 Å². The fourth-order valence-corrected chi connectivity index (χ4v) is 3.40. The number of nitrogens with zero attached hydrogens (tertiary/aromatic N) is 2. The molecule has 20 heavy (non-hydrogen) atoms. The Bertz CT molecular complexity index is 347. The third kappa shape index (κ3) is 4.49. The third-order valence-electron chi connectivity index (χ3n) is 4.62. The zero-order valence-electron chi connectivity index (χ0n) is 12.5. The minimum Gasteiger partial charge on any atom is -0.337 e. The van der Waals surface area contributed by atoms with Gasteiger partial charge < -0.3 is 5.32 Å². The van der Waals surface area contributed by atoms with E-state index in [9.17, 15) is 10.1 Å². The van der Waals surface area contributed by atoms with Crippen molar-refractivity contribution in [2.75, 3.05) is 19.6 Å². The Kier molecular flexibility index (Phi) is 5.85. The quantitative estimate of drug-likeness (QED) is 0.862. The van der Waals surface area contributed by atoms with Crippen LogP contribution in [0, 0.1) is 11.3 Å². The standard InChI is InChI=1S/C16H27N3O/c17-14-16(9-5-4-6-10-16)18-15(20)13-19-11-7-2-1-3-8-12-19/h1-13H2,(H,18,20). The largest absolute Gasteiger partial charge is 0.337 e. The summed E-state index contributed by atoms with van der Waals surface area (Å²) in [5, 5.41) is 12.4. The molecule has 1 N–H and O–H groups in total. The number of likely N-dealkylation sites (tertiary alicyclic amines) is 1. The highest BCUT2D eigenvalue weighted by molar-refractivity contribution is 5.79. The summed E-state index contributed by atoms with van der Waals surface area (Å²) in [6.45, 7) is 2.50. The molecule has 4 heteroatoms. The Morgan fingerprint density at radius 2 is 1.55 bits per heavy atom. The molecule has 1 aliphatic carbocycles. The summed E-state index contributed by atoms with van der Waals surface area (Å²) in [6.07, 6.45) is 11.2. The summed E-state index contributed by atoms with van der Waals surface area (Å²) in [5.74, 6) is 0.0361. The first-order valence-electron chi connectivity index (χ1n) is 8.19.